The van der Waals surface area contributed by atoms with Crippen LogP contribution in [0.4, 0.5) is 10.5 Å². The van der Waals surface area contributed by atoms with Gasteiger partial charge < -0.3 is 4.57 Å². The van der Waals surface area contributed by atoms with E-state index in [0.29, 0.717) is 16.3 Å². The lowest BCUT2D eigenvalue weighted by atomic mass is 10.1. The molecule has 4 rings (SSSR count). The molecule has 0 radical (unpaired) electrons. The van der Waals surface area contributed by atoms with Gasteiger partial charge in [0, 0.05) is 22.1 Å². The molecule has 32 heavy (non-hydrogen) atoms. The Labute approximate surface area is 191 Å². The van der Waals surface area contributed by atoms with Gasteiger partial charge in [0.05, 0.1) is 5.69 Å². The maximum atomic E-state index is 13.3. The quantitative estimate of drug-likeness (QED) is 0.452. The minimum atomic E-state index is -0.798. The molecule has 2 heterocycles. The molecule has 7 heteroatoms. The Morgan fingerprint density at radius 2 is 1.62 bits per heavy atom. The first-order chi connectivity index (χ1) is 15.2. The van der Waals surface area contributed by atoms with E-state index < -0.39 is 17.8 Å². The van der Waals surface area contributed by atoms with Crippen molar-refractivity contribution in [1.29, 1.82) is 0 Å². The van der Waals surface area contributed by atoms with E-state index in [1.807, 2.05) is 51.1 Å². The third kappa shape index (κ3) is 3.63. The highest BCUT2D eigenvalue weighted by atomic mass is 35.5. The number of aromatic nitrogens is 1. The van der Waals surface area contributed by atoms with Crippen LogP contribution < -0.4 is 10.2 Å². The van der Waals surface area contributed by atoms with Gasteiger partial charge in [-0.05, 0) is 75.2 Å². The van der Waals surface area contributed by atoms with Crippen molar-refractivity contribution in [2.75, 3.05) is 4.90 Å². The van der Waals surface area contributed by atoms with E-state index in [2.05, 4.69) is 9.88 Å². The molecule has 0 atom stereocenters. The number of carbonyl (C=O) groups excluding carboxylic acids is 3. The normalized spacial score (nSPS) is 15.5. The number of halogens is 1. The Hall–Kier alpha value is -3.64. The topological polar surface area (TPSA) is 71.4 Å². The molecule has 1 N–H and O–H groups in total. The molecule has 2 aromatic carbocycles. The number of barbiturate groups is 1. The zero-order valence-corrected chi connectivity index (χ0v) is 18.9. The molecule has 1 aromatic heterocycles. The van der Waals surface area contributed by atoms with Crippen LogP contribution in [-0.2, 0) is 9.59 Å². The van der Waals surface area contributed by atoms with Gasteiger partial charge in [-0.25, -0.2) is 9.69 Å². The van der Waals surface area contributed by atoms with Crippen LogP contribution in [0.5, 0.6) is 0 Å². The third-order valence-corrected chi connectivity index (χ3v) is 6.05. The number of nitrogens with one attached hydrogen (secondary N) is 1. The number of urea groups is 1. The number of hydrogen-bond acceptors (Lipinski definition) is 3. The van der Waals surface area contributed by atoms with E-state index >= 15 is 0 Å². The molecular weight excluding hydrogens is 426 g/mol. The van der Waals surface area contributed by atoms with E-state index in [1.165, 1.54) is 6.08 Å². The number of imide groups is 2. The predicted molar refractivity (Wildman–Crippen MR) is 125 cm³/mol. The Balaban J connectivity index is 1.78. The maximum absolute atomic E-state index is 13.3. The number of benzene rings is 2. The Bertz CT molecular complexity index is 1300. The summed E-state index contributed by atoms with van der Waals surface area (Å²) in [4.78, 5) is 39.3. The lowest BCUT2D eigenvalue weighted by molar-refractivity contribution is -0.122. The van der Waals surface area contributed by atoms with E-state index in [-0.39, 0.29) is 5.57 Å². The number of nitrogens with zero attached hydrogens (tertiary/aromatic N) is 2. The van der Waals surface area contributed by atoms with Gasteiger partial charge in [0.2, 0.25) is 0 Å². The number of carbonyl (C=O) groups is 3. The van der Waals surface area contributed by atoms with Crippen LogP contribution in [0.1, 0.15) is 28.1 Å². The summed E-state index contributed by atoms with van der Waals surface area (Å²) < 4.78 is 2.06. The van der Waals surface area contributed by atoms with Crippen molar-refractivity contribution < 1.29 is 14.4 Å². The van der Waals surface area contributed by atoms with Gasteiger partial charge >= 0.3 is 6.03 Å². The SMILES string of the molecule is Cc1ccc(-n2c(C)cc(/C=C3/C(=O)NC(=O)N(c4cccc(Cl)c4C)C3=O)c2C)cc1. The summed E-state index contributed by atoms with van der Waals surface area (Å²) in [5.41, 5.74) is 5.49. The summed E-state index contributed by atoms with van der Waals surface area (Å²) >= 11 is 6.18. The average molecular weight is 448 g/mol. The first-order valence-corrected chi connectivity index (χ1v) is 10.5. The van der Waals surface area contributed by atoms with E-state index in [0.717, 1.165) is 33.1 Å². The third-order valence-electron chi connectivity index (χ3n) is 5.64. The monoisotopic (exact) mass is 447 g/mol. The number of amides is 4. The number of anilines is 1. The van der Waals surface area contributed by atoms with Crippen molar-refractivity contribution in [1.82, 2.24) is 9.88 Å². The van der Waals surface area contributed by atoms with E-state index in [1.54, 1.807) is 25.1 Å². The minimum Gasteiger partial charge on any atom is -0.318 e. The van der Waals surface area contributed by atoms with Crippen molar-refractivity contribution in [3.05, 3.63) is 87.2 Å². The zero-order valence-electron chi connectivity index (χ0n) is 18.2. The van der Waals surface area contributed by atoms with Crippen molar-refractivity contribution in [3.63, 3.8) is 0 Å². The summed E-state index contributed by atoms with van der Waals surface area (Å²) in [5, 5.41) is 2.69. The molecule has 1 fully saturated rings. The highest BCUT2D eigenvalue weighted by Crippen LogP contribution is 2.30. The second-order valence-electron chi connectivity index (χ2n) is 7.84. The summed E-state index contributed by atoms with van der Waals surface area (Å²) in [6, 6.07) is 14.2. The Morgan fingerprint density at radius 1 is 0.938 bits per heavy atom. The van der Waals surface area contributed by atoms with Crippen molar-refractivity contribution in [2.24, 2.45) is 0 Å². The summed E-state index contributed by atoms with van der Waals surface area (Å²) in [5.74, 6) is -1.42. The standard InChI is InChI=1S/C25H22ClN3O3/c1-14-8-10-19(11-9-14)28-15(2)12-18(17(28)4)13-20-23(30)27-25(32)29(24(20)31)22-7-5-6-21(26)16(22)3/h5-13H,1-4H3,(H,27,30,32)/b20-13-. The molecule has 6 nitrogen and oxygen atoms in total. The molecule has 0 bridgehead atoms. The molecule has 3 aromatic rings. The van der Waals surface area contributed by atoms with Crippen LogP contribution in [0.25, 0.3) is 11.8 Å². The summed E-state index contributed by atoms with van der Waals surface area (Å²) in [6.45, 7) is 7.63. The Morgan fingerprint density at radius 3 is 2.31 bits per heavy atom. The molecule has 1 aliphatic rings. The van der Waals surface area contributed by atoms with Crippen LogP contribution in [0.3, 0.4) is 0 Å². The molecule has 1 aliphatic heterocycles. The first-order valence-electron chi connectivity index (χ1n) is 10.1. The predicted octanol–water partition coefficient (Wildman–Crippen LogP) is 5.03. The van der Waals surface area contributed by atoms with E-state index in [9.17, 15) is 14.4 Å². The molecule has 0 aliphatic carbocycles. The van der Waals surface area contributed by atoms with Crippen molar-refractivity contribution >= 4 is 41.2 Å². The fraction of sp³-hybridized carbons (Fsp3) is 0.160. The van der Waals surface area contributed by atoms with Gasteiger partial charge in [0.1, 0.15) is 5.57 Å². The van der Waals surface area contributed by atoms with Crippen LogP contribution in [0.15, 0.2) is 54.1 Å². The lowest BCUT2D eigenvalue weighted by Crippen LogP contribution is -2.54. The van der Waals surface area contributed by atoms with Crippen LogP contribution in [-0.4, -0.2) is 22.4 Å². The molecular formula is C25H22ClN3O3. The molecule has 4 amide bonds. The van der Waals surface area contributed by atoms with Crippen LogP contribution in [0.2, 0.25) is 5.02 Å². The molecule has 1 saturated heterocycles. The van der Waals surface area contributed by atoms with Crippen molar-refractivity contribution in [2.45, 2.75) is 27.7 Å². The molecule has 0 unspecified atom stereocenters. The molecule has 0 spiro atoms. The number of hydrogen-bond donors (Lipinski definition) is 1. The van der Waals surface area contributed by atoms with Gasteiger partial charge in [-0.3, -0.25) is 14.9 Å². The Kier molecular flexibility index (Phi) is 5.48. The fourth-order valence-electron chi connectivity index (χ4n) is 3.89. The maximum Gasteiger partial charge on any atom is 0.335 e. The van der Waals surface area contributed by atoms with Crippen LogP contribution in [0, 0.1) is 27.7 Å². The van der Waals surface area contributed by atoms with Crippen molar-refractivity contribution in [3.8, 4) is 5.69 Å². The minimum absolute atomic E-state index is 0.117. The summed E-state index contributed by atoms with van der Waals surface area (Å²) in [6.07, 6.45) is 1.53. The van der Waals surface area contributed by atoms with Gasteiger partial charge in [-0.15, -0.1) is 0 Å². The zero-order chi connectivity index (χ0) is 23.2. The highest BCUT2D eigenvalue weighted by molar-refractivity contribution is 6.40. The van der Waals surface area contributed by atoms with Crippen LogP contribution >= 0.6 is 11.6 Å². The smallest absolute Gasteiger partial charge is 0.318 e. The molecule has 162 valence electrons. The van der Waals surface area contributed by atoms with Gasteiger partial charge in [-0.1, -0.05) is 35.4 Å². The lowest BCUT2D eigenvalue weighted by Gasteiger charge is -2.27. The largest absolute Gasteiger partial charge is 0.335 e. The highest BCUT2D eigenvalue weighted by Gasteiger charge is 2.37. The average Bonchev–Trinajstić information content (AvgIpc) is 3.02. The number of rotatable bonds is 3. The van der Waals surface area contributed by atoms with Gasteiger partial charge in [0.15, 0.2) is 0 Å². The van der Waals surface area contributed by atoms with Gasteiger partial charge in [0.25, 0.3) is 11.8 Å². The summed E-state index contributed by atoms with van der Waals surface area (Å²) in [7, 11) is 0. The first kappa shape index (κ1) is 21.6. The number of aryl methyl sites for hydroxylation is 2. The van der Waals surface area contributed by atoms with Gasteiger partial charge in [-0.2, -0.15) is 0 Å². The second kappa shape index (κ2) is 8.13. The fourth-order valence-corrected chi connectivity index (χ4v) is 4.06. The second-order valence-corrected chi connectivity index (χ2v) is 8.25. The molecule has 0 saturated carbocycles. The van der Waals surface area contributed by atoms with E-state index in [4.69, 9.17) is 11.6 Å².